The molecule has 40 heavy (non-hydrogen) atoms. The number of nitrogens with zero attached hydrogens (tertiary/aromatic N) is 1. The van der Waals surface area contributed by atoms with Crippen molar-refractivity contribution in [2.45, 2.75) is 97.2 Å². The van der Waals surface area contributed by atoms with Crippen molar-refractivity contribution < 1.29 is 32.2 Å². The average Bonchev–Trinajstić information content (AvgIpc) is 3.28. The van der Waals surface area contributed by atoms with Gasteiger partial charge in [-0.2, -0.15) is 0 Å². The Balaban J connectivity index is 1.21. The fraction of sp³-hybridized carbons (Fsp3) is 0.742. The van der Waals surface area contributed by atoms with Gasteiger partial charge >= 0.3 is 5.63 Å². The summed E-state index contributed by atoms with van der Waals surface area (Å²) in [5, 5.41) is 21.0. The van der Waals surface area contributed by atoms with Crippen LogP contribution in [-0.2, 0) is 6.42 Å². The van der Waals surface area contributed by atoms with Crippen LogP contribution in [0, 0.1) is 69.6 Å². The van der Waals surface area contributed by atoms with Crippen molar-refractivity contribution in [1.29, 1.82) is 0 Å². The largest absolute Gasteiger partial charge is 0.408 e. The van der Waals surface area contributed by atoms with E-state index in [9.17, 15) is 32.6 Å². The summed E-state index contributed by atoms with van der Waals surface area (Å²) >= 11 is 0. The number of aliphatic hydroxyl groups is 2. The van der Waals surface area contributed by atoms with Crippen LogP contribution >= 0.6 is 0 Å². The maximum atomic E-state index is 14.3. The molecule has 0 bridgehead atoms. The molecule has 1 aromatic carbocycles. The molecule has 2 aromatic rings. The molecule has 9 heteroatoms. The standard InChI is InChI=1S/C31H39F4NO4/c1-14(4-9-22-36-28-23(29(39)40-22)24(32)25(33)26(34)27(28)35)18-7-8-19-17-6-5-15-12-16(37)10-11-30(15,2)20(17)13-21(38)31(18,19)3/h14-21,37-38H,4-13H2,1-3H3/t14-,15-,16-,17+,18-,19+,20?,21+,30+,31-/m1/s1. The lowest BCUT2D eigenvalue weighted by atomic mass is 9.43. The van der Waals surface area contributed by atoms with Gasteiger partial charge in [-0.15, -0.1) is 0 Å². The van der Waals surface area contributed by atoms with Gasteiger partial charge in [0, 0.05) is 6.42 Å². The number of aliphatic hydroxyl groups excluding tert-OH is 2. The molecule has 0 amide bonds. The lowest BCUT2D eigenvalue weighted by molar-refractivity contribution is -0.174. The second-order valence-corrected chi connectivity index (χ2v) is 13.8. The van der Waals surface area contributed by atoms with E-state index >= 15 is 0 Å². The van der Waals surface area contributed by atoms with Crippen LogP contribution in [0.15, 0.2) is 9.21 Å². The first-order chi connectivity index (χ1) is 18.9. The Morgan fingerprint density at radius 2 is 1.68 bits per heavy atom. The van der Waals surface area contributed by atoms with Crippen LogP contribution in [0.4, 0.5) is 17.6 Å². The number of fused-ring (bicyclic) bond motifs is 6. The van der Waals surface area contributed by atoms with Gasteiger partial charge in [-0.1, -0.05) is 20.8 Å². The molecule has 0 aliphatic heterocycles. The summed E-state index contributed by atoms with van der Waals surface area (Å²) in [7, 11) is 0. The van der Waals surface area contributed by atoms with Crippen LogP contribution in [0.5, 0.6) is 0 Å². The number of aromatic nitrogens is 1. The van der Waals surface area contributed by atoms with E-state index in [2.05, 4.69) is 25.8 Å². The van der Waals surface area contributed by atoms with E-state index < -0.39 is 45.9 Å². The van der Waals surface area contributed by atoms with Crippen LogP contribution < -0.4 is 5.63 Å². The number of benzene rings is 1. The first-order valence-corrected chi connectivity index (χ1v) is 14.9. The van der Waals surface area contributed by atoms with Crippen molar-refractivity contribution in [1.82, 2.24) is 4.98 Å². The molecule has 4 aliphatic carbocycles. The minimum atomic E-state index is -2.07. The predicted molar refractivity (Wildman–Crippen MR) is 140 cm³/mol. The molecule has 0 spiro atoms. The molecule has 1 heterocycles. The maximum Gasteiger partial charge on any atom is 0.350 e. The fourth-order valence-electron chi connectivity index (χ4n) is 10.0. The highest BCUT2D eigenvalue weighted by Gasteiger charge is 2.63. The summed E-state index contributed by atoms with van der Waals surface area (Å²) in [6.45, 7) is 6.73. The van der Waals surface area contributed by atoms with E-state index in [-0.39, 0.29) is 41.1 Å². The smallest absolute Gasteiger partial charge is 0.350 e. The Morgan fingerprint density at radius 1 is 0.950 bits per heavy atom. The lowest BCUT2D eigenvalue weighted by Crippen LogP contribution is -2.58. The zero-order chi connectivity index (χ0) is 28.7. The van der Waals surface area contributed by atoms with E-state index in [1.165, 1.54) is 0 Å². The van der Waals surface area contributed by atoms with Gasteiger partial charge in [0.05, 0.1) is 12.2 Å². The molecule has 0 radical (unpaired) electrons. The minimum Gasteiger partial charge on any atom is -0.408 e. The third kappa shape index (κ3) is 4.00. The van der Waals surface area contributed by atoms with Crippen molar-refractivity contribution in [2.24, 2.45) is 46.3 Å². The number of hydrogen-bond donors (Lipinski definition) is 2. The van der Waals surface area contributed by atoms with E-state index in [0.717, 1.165) is 51.4 Å². The third-order valence-corrected chi connectivity index (χ3v) is 12.2. The Labute approximate surface area is 231 Å². The third-order valence-electron chi connectivity index (χ3n) is 12.2. The Hall–Kier alpha value is -2.00. The van der Waals surface area contributed by atoms with Crippen molar-refractivity contribution in [3.05, 3.63) is 39.6 Å². The summed E-state index contributed by atoms with van der Waals surface area (Å²) < 4.78 is 61.0. The molecule has 6 rings (SSSR count). The average molecular weight is 566 g/mol. The van der Waals surface area contributed by atoms with Gasteiger partial charge in [0.1, 0.15) is 10.9 Å². The SMILES string of the molecule is C[C@H](CCc1nc2c(F)c(F)c(F)c(F)c2c(=O)o1)[C@H]1CC[C@H]2[C@@H]3CC[C@@H]4C[C@H](O)CC[C@]4(C)C3C[C@H](O)[C@]12C. The second kappa shape index (κ2) is 9.79. The van der Waals surface area contributed by atoms with Crippen LogP contribution in [0.25, 0.3) is 10.9 Å². The molecule has 10 atom stereocenters. The molecular weight excluding hydrogens is 526 g/mol. The molecule has 5 nitrogen and oxygen atoms in total. The monoisotopic (exact) mass is 565 g/mol. The van der Waals surface area contributed by atoms with Crippen LogP contribution in [0.1, 0.15) is 84.4 Å². The molecule has 4 aliphatic rings. The lowest BCUT2D eigenvalue weighted by Gasteiger charge is -2.62. The van der Waals surface area contributed by atoms with Crippen LogP contribution in [0.3, 0.4) is 0 Å². The molecule has 0 saturated heterocycles. The summed E-state index contributed by atoms with van der Waals surface area (Å²) in [6, 6.07) is 0. The van der Waals surface area contributed by atoms with Crippen molar-refractivity contribution in [2.75, 3.05) is 0 Å². The normalized spacial score (nSPS) is 40.0. The Morgan fingerprint density at radius 3 is 2.42 bits per heavy atom. The van der Waals surface area contributed by atoms with Gasteiger partial charge < -0.3 is 14.6 Å². The predicted octanol–water partition coefficient (Wildman–Crippen LogP) is 6.30. The van der Waals surface area contributed by atoms with E-state index in [1.54, 1.807) is 0 Å². The summed E-state index contributed by atoms with van der Waals surface area (Å²) in [6.07, 6.45) is 7.81. The number of halogens is 4. The number of hydrogen-bond acceptors (Lipinski definition) is 5. The highest BCUT2D eigenvalue weighted by molar-refractivity contribution is 5.78. The van der Waals surface area contributed by atoms with Crippen LogP contribution in [-0.4, -0.2) is 27.4 Å². The number of aryl methyl sites for hydroxylation is 1. The molecule has 1 unspecified atom stereocenters. The van der Waals surface area contributed by atoms with Gasteiger partial charge in [-0.05, 0) is 104 Å². The van der Waals surface area contributed by atoms with Gasteiger partial charge in [0.15, 0.2) is 29.2 Å². The van der Waals surface area contributed by atoms with Gasteiger partial charge in [0.2, 0.25) is 0 Å². The van der Waals surface area contributed by atoms with E-state index in [0.29, 0.717) is 30.1 Å². The summed E-state index contributed by atoms with van der Waals surface area (Å²) in [5.41, 5.74) is -2.25. The van der Waals surface area contributed by atoms with Crippen molar-refractivity contribution in [3.63, 3.8) is 0 Å². The van der Waals surface area contributed by atoms with Gasteiger partial charge in [0.25, 0.3) is 0 Å². The molecular formula is C31H39F4NO4. The second-order valence-electron chi connectivity index (χ2n) is 13.8. The first-order valence-electron chi connectivity index (χ1n) is 14.9. The quantitative estimate of drug-likeness (QED) is 0.258. The molecule has 4 fully saturated rings. The number of rotatable bonds is 4. The van der Waals surface area contributed by atoms with Crippen molar-refractivity contribution >= 4 is 10.9 Å². The molecule has 2 N–H and O–H groups in total. The minimum absolute atomic E-state index is 0.118. The van der Waals surface area contributed by atoms with Crippen molar-refractivity contribution in [3.8, 4) is 0 Å². The summed E-state index contributed by atoms with van der Waals surface area (Å²) in [5.74, 6) is -5.48. The first kappa shape index (κ1) is 28.1. The molecule has 1 aromatic heterocycles. The zero-order valence-electron chi connectivity index (χ0n) is 23.4. The van der Waals surface area contributed by atoms with Gasteiger partial charge in [-0.25, -0.2) is 27.3 Å². The van der Waals surface area contributed by atoms with Crippen LogP contribution in [0.2, 0.25) is 0 Å². The molecule has 4 saturated carbocycles. The highest BCUT2D eigenvalue weighted by Crippen LogP contribution is 2.68. The fourth-order valence-corrected chi connectivity index (χ4v) is 10.0. The van der Waals surface area contributed by atoms with Gasteiger partial charge in [-0.3, -0.25) is 0 Å². The zero-order valence-corrected chi connectivity index (χ0v) is 23.4. The highest BCUT2D eigenvalue weighted by atomic mass is 19.2. The van der Waals surface area contributed by atoms with E-state index in [4.69, 9.17) is 4.42 Å². The summed E-state index contributed by atoms with van der Waals surface area (Å²) in [4.78, 5) is 16.2. The molecule has 220 valence electrons. The van der Waals surface area contributed by atoms with E-state index in [1.807, 2.05) is 0 Å². The Kier molecular flexibility index (Phi) is 6.88. The Bertz CT molecular complexity index is 1380. The topological polar surface area (TPSA) is 83.6 Å². The maximum absolute atomic E-state index is 14.3.